The Morgan fingerprint density at radius 2 is 2.19 bits per heavy atom. The number of hydrogen-bond acceptors (Lipinski definition) is 3. The average Bonchev–Trinajstić information content (AvgIpc) is 2.48. The molecule has 1 aromatic heterocycles. The maximum absolute atomic E-state index is 11.6. The Balaban J connectivity index is 2.81. The summed E-state index contributed by atoms with van der Waals surface area (Å²) in [5.74, 6) is -0.115. The van der Waals surface area contributed by atoms with E-state index in [-0.39, 0.29) is 23.9 Å². The van der Waals surface area contributed by atoms with Crippen molar-refractivity contribution in [3.63, 3.8) is 0 Å². The van der Waals surface area contributed by atoms with Gasteiger partial charge in [0.15, 0.2) is 0 Å². The largest absolute Gasteiger partial charge is 0.351 e. The van der Waals surface area contributed by atoms with Gasteiger partial charge in [-0.3, -0.25) is 19.4 Å². The quantitative estimate of drug-likeness (QED) is 0.765. The Bertz CT molecular complexity index is 434. The van der Waals surface area contributed by atoms with Gasteiger partial charge in [0.05, 0.1) is 12.1 Å². The number of nitrogens with zero attached hydrogens (tertiary/aromatic N) is 1. The number of aromatic amines is 1. The minimum atomic E-state index is -0.143. The maximum Gasteiger partial charge on any atom is 0.270 e. The summed E-state index contributed by atoms with van der Waals surface area (Å²) in [4.78, 5) is 23.0. The molecule has 0 atom stereocenters. The Hall–Kier alpha value is -1.17. The van der Waals surface area contributed by atoms with Gasteiger partial charge in [-0.25, -0.2) is 0 Å². The lowest BCUT2D eigenvalue weighted by Gasteiger charge is -2.07. The van der Waals surface area contributed by atoms with Crippen LogP contribution < -0.4 is 10.9 Å². The van der Waals surface area contributed by atoms with E-state index in [4.69, 9.17) is 0 Å². The molecule has 0 aliphatic heterocycles. The number of aryl methyl sites for hydroxylation is 1. The number of carbonyl (C=O) groups excluding carboxylic acids is 1. The van der Waals surface area contributed by atoms with E-state index in [0.29, 0.717) is 5.56 Å². The second-order valence-electron chi connectivity index (χ2n) is 3.86. The SMILES string of the molecule is CSc1c(CNC(=O)C(C)C)c(=O)[nH]n1C. The third-order valence-corrected chi connectivity index (χ3v) is 3.17. The van der Waals surface area contributed by atoms with Crippen LogP contribution in [-0.4, -0.2) is 21.9 Å². The van der Waals surface area contributed by atoms with Crippen molar-refractivity contribution in [3.05, 3.63) is 15.9 Å². The fraction of sp³-hybridized carbons (Fsp3) is 0.600. The van der Waals surface area contributed by atoms with Crippen molar-refractivity contribution in [2.24, 2.45) is 13.0 Å². The van der Waals surface area contributed by atoms with E-state index < -0.39 is 0 Å². The van der Waals surface area contributed by atoms with Crippen molar-refractivity contribution < 1.29 is 4.79 Å². The maximum atomic E-state index is 11.6. The summed E-state index contributed by atoms with van der Waals surface area (Å²) in [5.41, 5.74) is 0.472. The summed E-state index contributed by atoms with van der Waals surface area (Å²) in [6, 6.07) is 0. The number of aromatic nitrogens is 2. The minimum absolute atomic E-state index is 0.0460. The molecule has 0 radical (unpaired) electrons. The summed E-state index contributed by atoms with van der Waals surface area (Å²) in [6.45, 7) is 3.92. The second-order valence-corrected chi connectivity index (χ2v) is 4.66. The molecule has 0 spiro atoms. The lowest BCUT2D eigenvalue weighted by molar-refractivity contribution is -0.124. The van der Waals surface area contributed by atoms with Gasteiger partial charge in [-0.1, -0.05) is 13.8 Å². The molecule has 0 bridgehead atoms. The fourth-order valence-electron chi connectivity index (χ4n) is 1.37. The van der Waals surface area contributed by atoms with E-state index in [9.17, 15) is 9.59 Å². The molecule has 1 heterocycles. The standard InChI is InChI=1S/C10H17N3O2S/c1-6(2)8(14)11-5-7-9(15)12-13(3)10(7)16-4/h6H,5H2,1-4H3,(H,11,14)(H,12,15). The third-order valence-electron chi connectivity index (χ3n) is 2.26. The van der Waals surface area contributed by atoms with Crippen LogP contribution in [0.4, 0.5) is 0 Å². The van der Waals surface area contributed by atoms with Gasteiger partial charge in [-0.05, 0) is 6.26 Å². The van der Waals surface area contributed by atoms with E-state index in [1.807, 2.05) is 20.1 Å². The van der Waals surface area contributed by atoms with Crippen LogP contribution in [0, 0.1) is 5.92 Å². The first-order valence-electron chi connectivity index (χ1n) is 5.07. The second kappa shape index (κ2) is 5.25. The molecule has 1 rings (SSSR count). The highest BCUT2D eigenvalue weighted by atomic mass is 32.2. The van der Waals surface area contributed by atoms with Crippen LogP contribution in [0.1, 0.15) is 19.4 Å². The number of nitrogens with one attached hydrogen (secondary N) is 2. The predicted octanol–water partition coefficient (Wildman–Crippen LogP) is 0.707. The van der Waals surface area contributed by atoms with E-state index in [1.54, 1.807) is 11.7 Å². The topological polar surface area (TPSA) is 66.9 Å². The van der Waals surface area contributed by atoms with Gasteiger partial charge in [0.25, 0.3) is 5.56 Å². The Kier molecular flexibility index (Phi) is 4.23. The summed E-state index contributed by atoms with van der Waals surface area (Å²) >= 11 is 1.48. The molecule has 90 valence electrons. The summed E-state index contributed by atoms with van der Waals surface area (Å²) in [6.07, 6.45) is 1.90. The third kappa shape index (κ3) is 2.69. The van der Waals surface area contributed by atoms with Crippen molar-refractivity contribution in [1.82, 2.24) is 15.1 Å². The first kappa shape index (κ1) is 12.9. The van der Waals surface area contributed by atoms with Gasteiger partial charge in [-0.2, -0.15) is 0 Å². The van der Waals surface area contributed by atoms with E-state index >= 15 is 0 Å². The van der Waals surface area contributed by atoms with Gasteiger partial charge in [0, 0.05) is 13.0 Å². The molecule has 2 N–H and O–H groups in total. The van der Waals surface area contributed by atoms with Crippen LogP contribution in [0.15, 0.2) is 9.82 Å². The van der Waals surface area contributed by atoms with Crippen LogP contribution >= 0.6 is 11.8 Å². The Morgan fingerprint density at radius 1 is 1.56 bits per heavy atom. The van der Waals surface area contributed by atoms with Gasteiger partial charge < -0.3 is 5.32 Å². The average molecular weight is 243 g/mol. The molecular formula is C10H17N3O2S. The zero-order chi connectivity index (χ0) is 12.3. The molecule has 0 aliphatic carbocycles. The first-order chi connectivity index (χ1) is 7.47. The van der Waals surface area contributed by atoms with E-state index in [0.717, 1.165) is 5.03 Å². The Labute approximate surface area is 98.6 Å². The van der Waals surface area contributed by atoms with Crippen molar-refractivity contribution in [2.75, 3.05) is 6.26 Å². The lowest BCUT2D eigenvalue weighted by Crippen LogP contribution is -2.29. The predicted molar refractivity (Wildman–Crippen MR) is 64.5 cm³/mol. The number of carbonyl (C=O) groups is 1. The lowest BCUT2D eigenvalue weighted by atomic mass is 10.2. The highest BCUT2D eigenvalue weighted by molar-refractivity contribution is 7.98. The van der Waals surface area contributed by atoms with Gasteiger partial charge >= 0.3 is 0 Å². The molecule has 6 heteroatoms. The van der Waals surface area contributed by atoms with E-state index in [2.05, 4.69) is 10.4 Å². The zero-order valence-corrected chi connectivity index (χ0v) is 10.8. The van der Waals surface area contributed by atoms with Gasteiger partial charge in [-0.15, -0.1) is 11.8 Å². The smallest absolute Gasteiger partial charge is 0.270 e. The van der Waals surface area contributed by atoms with Crippen molar-refractivity contribution in [3.8, 4) is 0 Å². The summed E-state index contributed by atoms with van der Waals surface area (Å²) < 4.78 is 1.67. The fourth-order valence-corrected chi connectivity index (χ4v) is 2.10. The number of amides is 1. The number of hydrogen-bond donors (Lipinski definition) is 2. The monoisotopic (exact) mass is 243 g/mol. The van der Waals surface area contributed by atoms with Crippen LogP contribution in [0.3, 0.4) is 0 Å². The van der Waals surface area contributed by atoms with Crippen LogP contribution in [0.2, 0.25) is 0 Å². The molecule has 1 amide bonds. The van der Waals surface area contributed by atoms with Crippen molar-refractivity contribution in [2.45, 2.75) is 25.4 Å². The van der Waals surface area contributed by atoms with Crippen molar-refractivity contribution >= 4 is 17.7 Å². The normalized spacial score (nSPS) is 10.8. The van der Waals surface area contributed by atoms with Crippen LogP contribution in [-0.2, 0) is 18.4 Å². The van der Waals surface area contributed by atoms with Crippen molar-refractivity contribution in [1.29, 1.82) is 0 Å². The molecule has 0 saturated heterocycles. The molecule has 0 fully saturated rings. The molecule has 0 saturated carbocycles. The van der Waals surface area contributed by atoms with E-state index in [1.165, 1.54) is 11.8 Å². The molecule has 5 nitrogen and oxygen atoms in total. The Morgan fingerprint density at radius 3 is 2.69 bits per heavy atom. The molecular weight excluding hydrogens is 226 g/mol. The summed E-state index contributed by atoms with van der Waals surface area (Å²) in [5, 5.41) is 6.27. The number of rotatable bonds is 4. The highest BCUT2D eigenvalue weighted by Crippen LogP contribution is 2.15. The first-order valence-corrected chi connectivity index (χ1v) is 6.29. The molecule has 0 aliphatic rings. The van der Waals surface area contributed by atoms with Crippen LogP contribution in [0.25, 0.3) is 0 Å². The molecule has 0 unspecified atom stereocenters. The van der Waals surface area contributed by atoms with Gasteiger partial charge in [0.2, 0.25) is 5.91 Å². The van der Waals surface area contributed by atoms with Crippen LogP contribution in [0.5, 0.6) is 0 Å². The molecule has 16 heavy (non-hydrogen) atoms. The number of thioether (sulfide) groups is 1. The molecule has 0 aromatic carbocycles. The highest BCUT2D eigenvalue weighted by Gasteiger charge is 2.13. The molecule has 1 aromatic rings. The number of H-pyrrole nitrogens is 1. The minimum Gasteiger partial charge on any atom is -0.351 e. The summed E-state index contributed by atoms with van der Waals surface area (Å²) in [7, 11) is 1.78. The zero-order valence-electron chi connectivity index (χ0n) is 9.96. The van der Waals surface area contributed by atoms with Gasteiger partial charge in [0.1, 0.15) is 5.03 Å².